The van der Waals surface area contributed by atoms with Crippen LogP contribution in [-0.2, 0) is 6.54 Å². The van der Waals surface area contributed by atoms with Crippen molar-refractivity contribution < 1.29 is 9.18 Å². The number of hydrogen-bond donors (Lipinski definition) is 1. The number of hydrogen-bond acceptors (Lipinski definition) is 2. The van der Waals surface area contributed by atoms with Gasteiger partial charge in [0, 0.05) is 11.2 Å². The zero-order valence-corrected chi connectivity index (χ0v) is 11.4. The SMILES string of the molecule is O=C(NCc1ccc(F)cc1)c1cc2ccccc2s1. The van der Waals surface area contributed by atoms with Crippen molar-refractivity contribution in [2.24, 2.45) is 0 Å². The number of amides is 1. The Hall–Kier alpha value is -2.20. The van der Waals surface area contributed by atoms with Gasteiger partial charge in [-0.05, 0) is 35.2 Å². The summed E-state index contributed by atoms with van der Waals surface area (Å²) in [6.45, 7) is 0.396. The molecule has 0 saturated carbocycles. The summed E-state index contributed by atoms with van der Waals surface area (Å²) in [7, 11) is 0. The van der Waals surface area contributed by atoms with Crippen LogP contribution >= 0.6 is 11.3 Å². The van der Waals surface area contributed by atoms with Crippen LogP contribution in [0.4, 0.5) is 4.39 Å². The highest BCUT2D eigenvalue weighted by Crippen LogP contribution is 2.25. The van der Waals surface area contributed by atoms with Gasteiger partial charge in [-0.15, -0.1) is 11.3 Å². The minimum Gasteiger partial charge on any atom is -0.347 e. The van der Waals surface area contributed by atoms with E-state index in [2.05, 4.69) is 5.32 Å². The predicted molar refractivity (Wildman–Crippen MR) is 79.4 cm³/mol. The van der Waals surface area contributed by atoms with Crippen molar-refractivity contribution in [3.05, 3.63) is 70.9 Å². The van der Waals surface area contributed by atoms with E-state index in [1.807, 2.05) is 30.3 Å². The average Bonchev–Trinajstić information content (AvgIpc) is 2.90. The van der Waals surface area contributed by atoms with E-state index in [4.69, 9.17) is 0 Å². The molecule has 1 amide bonds. The summed E-state index contributed by atoms with van der Waals surface area (Å²) in [5.41, 5.74) is 0.876. The Morgan fingerprint density at radius 3 is 2.60 bits per heavy atom. The molecule has 0 aliphatic carbocycles. The van der Waals surface area contributed by atoms with Gasteiger partial charge in [0.2, 0.25) is 0 Å². The zero-order valence-electron chi connectivity index (χ0n) is 10.6. The van der Waals surface area contributed by atoms with Crippen LogP contribution < -0.4 is 5.32 Å². The molecule has 1 N–H and O–H groups in total. The van der Waals surface area contributed by atoms with Crippen molar-refractivity contribution >= 4 is 27.3 Å². The Balaban J connectivity index is 1.71. The molecule has 0 radical (unpaired) electrons. The van der Waals surface area contributed by atoms with Gasteiger partial charge in [0.15, 0.2) is 0 Å². The lowest BCUT2D eigenvalue weighted by Gasteiger charge is -2.03. The number of halogens is 1. The smallest absolute Gasteiger partial charge is 0.261 e. The Kier molecular flexibility index (Phi) is 3.48. The molecule has 0 aliphatic rings. The van der Waals surface area contributed by atoms with Gasteiger partial charge in [0.05, 0.1) is 4.88 Å². The minimum atomic E-state index is -0.274. The van der Waals surface area contributed by atoms with E-state index in [-0.39, 0.29) is 11.7 Å². The molecule has 0 saturated heterocycles. The summed E-state index contributed by atoms with van der Waals surface area (Å²) in [5, 5.41) is 3.92. The fourth-order valence-corrected chi connectivity index (χ4v) is 2.94. The molecule has 1 aromatic heterocycles. The van der Waals surface area contributed by atoms with Crippen LogP contribution in [-0.4, -0.2) is 5.91 Å². The molecule has 0 atom stereocenters. The van der Waals surface area contributed by atoms with Gasteiger partial charge in [-0.2, -0.15) is 0 Å². The third-order valence-electron chi connectivity index (χ3n) is 3.02. The van der Waals surface area contributed by atoms with Crippen LogP contribution in [0.2, 0.25) is 0 Å². The van der Waals surface area contributed by atoms with Gasteiger partial charge in [-0.3, -0.25) is 4.79 Å². The molecule has 20 heavy (non-hydrogen) atoms. The van der Waals surface area contributed by atoms with Crippen molar-refractivity contribution in [1.29, 1.82) is 0 Å². The third-order valence-corrected chi connectivity index (χ3v) is 4.13. The highest BCUT2D eigenvalue weighted by molar-refractivity contribution is 7.20. The molecule has 0 spiro atoms. The lowest BCUT2D eigenvalue weighted by molar-refractivity contribution is 0.0955. The predicted octanol–water partition coefficient (Wildman–Crippen LogP) is 3.97. The number of carbonyl (C=O) groups excluding carboxylic acids is 1. The molecule has 4 heteroatoms. The maximum atomic E-state index is 12.8. The molecular weight excluding hydrogens is 273 g/mol. The van der Waals surface area contributed by atoms with Crippen LogP contribution in [0.1, 0.15) is 15.2 Å². The first-order valence-electron chi connectivity index (χ1n) is 6.23. The van der Waals surface area contributed by atoms with E-state index in [0.717, 1.165) is 15.6 Å². The van der Waals surface area contributed by atoms with E-state index in [1.165, 1.54) is 23.5 Å². The normalized spacial score (nSPS) is 10.7. The van der Waals surface area contributed by atoms with Crippen molar-refractivity contribution in [3.63, 3.8) is 0 Å². The Labute approximate surface area is 119 Å². The summed E-state index contributed by atoms with van der Waals surface area (Å²) in [4.78, 5) is 12.8. The number of thiophene rings is 1. The molecule has 3 aromatic rings. The van der Waals surface area contributed by atoms with E-state index in [9.17, 15) is 9.18 Å². The fourth-order valence-electron chi connectivity index (χ4n) is 1.97. The molecule has 2 aromatic carbocycles. The fraction of sp³-hybridized carbons (Fsp3) is 0.0625. The maximum Gasteiger partial charge on any atom is 0.261 e. The van der Waals surface area contributed by atoms with Gasteiger partial charge in [-0.1, -0.05) is 30.3 Å². The molecule has 0 bridgehead atoms. The number of rotatable bonds is 3. The number of fused-ring (bicyclic) bond motifs is 1. The van der Waals surface area contributed by atoms with Crippen molar-refractivity contribution in [3.8, 4) is 0 Å². The van der Waals surface area contributed by atoms with Gasteiger partial charge < -0.3 is 5.32 Å². The van der Waals surface area contributed by atoms with Crippen molar-refractivity contribution in [1.82, 2.24) is 5.32 Å². The summed E-state index contributed by atoms with van der Waals surface area (Å²) in [6, 6.07) is 15.9. The first kappa shape index (κ1) is 12.8. The monoisotopic (exact) mass is 285 g/mol. The zero-order chi connectivity index (χ0) is 13.9. The largest absolute Gasteiger partial charge is 0.347 e. The van der Waals surface area contributed by atoms with E-state index >= 15 is 0 Å². The summed E-state index contributed by atoms with van der Waals surface area (Å²) in [6.07, 6.45) is 0. The highest BCUT2D eigenvalue weighted by Gasteiger charge is 2.09. The second-order valence-electron chi connectivity index (χ2n) is 4.46. The van der Waals surface area contributed by atoms with Crippen molar-refractivity contribution in [2.45, 2.75) is 6.54 Å². The second kappa shape index (κ2) is 5.43. The lowest BCUT2D eigenvalue weighted by atomic mass is 10.2. The van der Waals surface area contributed by atoms with Crippen LogP contribution in [0.25, 0.3) is 10.1 Å². The van der Waals surface area contributed by atoms with Crippen molar-refractivity contribution in [2.75, 3.05) is 0 Å². The maximum absolute atomic E-state index is 12.8. The third kappa shape index (κ3) is 2.70. The van der Waals surface area contributed by atoms with Gasteiger partial charge in [0.25, 0.3) is 5.91 Å². The molecule has 2 nitrogen and oxygen atoms in total. The first-order valence-corrected chi connectivity index (χ1v) is 7.05. The van der Waals surface area contributed by atoms with E-state index < -0.39 is 0 Å². The number of benzene rings is 2. The standard InChI is InChI=1S/C16H12FNOS/c17-13-7-5-11(6-8-13)10-18-16(19)15-9-12-3-1-2-4-14(12)20-15/h1-9H,10H2,(H,18,19). The van der Waals surface area contributed by atoms with Crippen LogP contribution in [0.3, 0.4) is 0 Å². The molecule has 0 fully saturated rings. The number of nitrogens with one attached hydrogen (secondary N) is 1. The first-order chi connectivity index (χ1) is 9.72. The molecular formula is C16H12FNOS. The van der Waals surface area contributed by atoms with Gasteiger partial charge in [0.1, 0.15) is 5.82 Å². The lowest BCUT2D eigenvalue weighted by Crippen LogP contribution is -2.21. The van der Waals surface area contributed by atoms with E-state index in [0.29, 0.717) is 11.4 Å². The molecule has 0 aliphatic heterocycles. The number of carbonyl (C=O) groups is 1. The quantitative estimate of drug-likeness (QED) is 0.775. The summed E-state index contributed by atoms with van der Waals surface area (Å²) >= 11 is 1.47. The van der Waals surface area contributed by atoms with Crippen LogP contribution in [0.15, 0.2) is 54.6 Å². The molecule has 100 valence electrons. The minimum absolute atomic E-state index is 0.101. The molecule has 3 rings (SSSR count). The summed E-state index contributed by atoms with van der Waals surface area (Å²) < 4.78 is 13.9. The Morgan fingerprint density at radius 1 is 1.10 bits per heavy atom. The second-order valence-corrected chi connectivity index (χ2v) is 5.54. The molecule has 0 unspecified atom stereocenters. The van der Waals surface area contributed by atoms with Gasteiger partial charge in [-0.25, -0.2) is 4.39 Å². The van der Waals surface area contributed by atoms with Crippen LogP contribution in [0, 0.1) is 5.82 Å². The average molecular weight is 285 g/mol. The topological polar surface area (TPSA) is 29.1 Å². The van der Waals surface area contributed by atoms with Gasteiger partial charge >= 0.3 is 0 Å². The highest BCUT2D eigenvalue weighted by atomic mass is 32.1. The van der Waals surface area contributed by atoms with Crippen LogP contribution in [0.5, 0.6) is 0 Å². The Bertz CT molecular complexity index is 716. The van der Waals surface area contributed by atoms with E-state index in [1.54, 1.807) is 12.1 Å². The summed E-state index contributed by atoms with van der Waals surface area (Å²) in [5.74, 6) is -0.375. The Morgan fingerprint density at radius 2 is 1.85 bits per heavy atom. The molecule has 1 heterocycles.